The van der Waals surface area contributed by atoms with Gasteiger partial charge in [0, 0.05) is 24.8 Å². The first-order valence-corrected chi connectivity index (χ1v) is 10.4. The van der Waals surface area contributed by atoms with E-state index in [-0.39, 0.29) is 24.4 Å². The van der Waals surface area contributed by atoms with Gasteiger partial charge in [-0.05, 0) is 44.9 Å². The molecular formula is C24H29N3O2. The summed E-state index contributed by atoms with van der Waals surface area (Å²) in [5, 5.41) is 0. The van der Waals surface area contributed by atoms with Gasteiger partial charge in [-0.1, -0.05) is 48.0 Å². The van der Waals surface area contributed by atoms with E-state index in [2.05, 4.69) is 48.2 Å². The lowest BCUT2D eigenvalue weighted by Gasteiger charge is -2.48. The molecule has 152 valence electrons. The number of nitrogens with zero attached hydrogens (tertiary/aromatic N) is 3. The fraction of sp³-hybridized carbons (Fsp3) is 0.417. The highest BCUT2D eigenvalue weighted by Crippen LogP contribution is 2.37. The van der Waals surface area contributed by atoms with E-state index in [1.54, 1.807) is 4.90 Å². The normalized spacial score (nSPS) is 22.3. The quantitative estimate of drug-likeness (QED) is 0.804. The molecule has 1 spiro atoms. The Morgan fingerprint density at radius 1 is 1.00 bits per heavy atom. The Balaban J connectivity index is 1.69. The van der Waals surface area contributed by atoms with Gasteiger partial charge in [0.2, 0.25) is 5.91 Å². The predicted octanol–water partition coefficient (Wildman–Crippen LogP) is 3.22. The van der Waals surface area contributed by atoms with Crippen LogP contribution in [0.1, 0.15) is 31.4 Å². The van der Waals surface area contributed by atoms with E-state index in [0.717, 1.165) is 17.8 Å². The molecule has 0 aromatic heterocycles. The van der Waals surface area contributed by atoms with Crippen molar-refractivity contribution < 1.29 is 9.59 Å². The molecule has 2 amide bonds. The summed E-state index contributed by atoms with van der Waals surface area (Å²) in [5.74, 6) is 0.117. The maximum Gasteiger partial charge on any atom is 0.251 e. The minimum atomic E-state index is -0.805. The van der Waals surface area contributed by atoms with Crippen LogP contribution < -0.4 is 4.90 Å². The van der Waals surface area contributed by atoms with E-state index in [0.29, 0.717) is 19.5 Å². The minimum absolute atomic E-state index is 0.00984. The SMILES string of the molecule is Cc1ccc(CN2C(=O)CN(C(C)C)C(=O)C23CCN(c2ccccc2)C3)cc1. The average molecular weight is 392 g/mol. The number of piperazine rings is 1. The number of hydrogen-bond donors (Lipinski definition) is 0. The Morgan fingerprint density at radius 2 is 1.69 bits per heavy atom. The van der Waals surface area contributed by atoms with Crippen LogP contribution in [0.4, 0.5) is 5.69 Å². The number of hydrogen-bond acceptors (Lipinski definition) is 3. The lowest BCUT2D eigenvalue weighted by atomic mass is 9.89. The first-order valence-electron chi connectivity index (χ1n) is 10.4. The number of anilines is 1. The number of aryl methyl sites for hydroxylation is 1. The largest absolute Gasteiger partial charge is 0.369 e. The van der Waals surface area contributed by atoms with Gasteiger partial charge in [0.15, 0.2) is 0 Å². The van der Waals surface area contributed by atoms with Gasteiger partial charge in [-0.2, -0.15) is 0 Å². The zero-order valence-electron chi connectivity index (χ0n) is 17.5. The Hall–Kier alpha value is -2.82. The Kier molecular flexibility index (Phi) is 5.07. The number of amides is 2. The summed E-state index contributed by atoms with van der Waals surface area (Å²) < 4.78 is 0. The summed E-state index contributed by atoms with van der Waals surface area (Å²) in [7, 11) is 0. The van der Waals surface area contributed by atoms with Crippen molar-refractivity contribution in [2.75, 3.05) is 24.5 Å². The molecule has 0 aliphatic carbocycles. The fourth-order valence-corrected chi connectivity index (χ4v) is 4.50. The van der Waals surface area contributed by atoms with E-state index >= 15 is 0 Å². The summed E-state index contributed by atoms with van der Waals surface area (Å²) in [6.07, 6.45) is 0.654. The molecule has 2 fully saturated rings. The van der Waals surface area contributed by atoms with Gasteiger partial charge in [0.25, 0.3) is 5.91 Å². The van der Waals surface area contributed by atoms with Crippen molar-refractivity contribution >= 4 is 17.5 Å². The Morgan fingerprint density at radius 3 is 2.34 bits per heavy atom. The molecule has 0 bridgehead atoms. The van der Waals surface area contributed by atoms with Gasteiger partial charge < -0.3 is 14.7 Å². The van der Waals surface area contributed by atoms with Gasteiger partial charge >= 0.3 is 0 Å². The smallest absolute Gasteiger partial charge is 0.251 e. The number of benzene rings is 2. The van der Waals surface area contributed by atoms with E-state index in [1.165, 1.54) is 5.56 Å². The molecule has 4 rings (SSSR count). The van der Waals surface area contributed by atoms with Crippen LogP contribution in [0, 0.1) is 6.92 Å². The zero-order valence-corrected chi connectivity index (χ0v) is 17.5. The third-order valence-electron chi connectivity index (χ3n) is 6.24. The predicted molar refractivity (Wildman–Crippen MR) is 115 cm³/mol. The van der Waals surface area contributed by atoms with Crippen LogP contribution in [-0.2, 0) is 16.1 Å². The highest BCUT2D eigenvalue weighted by molar-refractivity contribution is 5.99. The maximum atomic E-state index is 13.7. The molecule has 2 heterocycles. The second-order valence-corrected chi connectivity index (χ2v) is 8.53. The molecule has 2 aliphatic heterocycles. The van der Waals surface area contributed by atoms with Crippen LogP contribution in [0.5, 0.6) is 0 Å². The molecule has 1 unspecified atom stereocenters. The first kappa shape index (κ1) is 19.5. The Labute approximate surface area is 172 Å². The summed E-state index contributed by atoms with van der Waals surface area (Å²) >= 11 is 0. The number of carbonyl (C=O) groups excluding carboxylic acids is 2. The molecular weight excluding hydrogens is 362 g/mol. The van der Waals surface area contributed by atoms with Crippen molar-refractivity contribution in [2.24, 2.45) is 0 Å². The number of carbonyl (C=O) groups is 2. The highest BCUT2D eigenvalue weighted by atomic mass is 16.2. The van der Waals surface area contributed by atoms with Crippen LogP contribution in [0.25, 0.3) is 0 Å². The Bertz CT molecular complexity index is 894. The van der Waals surface area contributed by atoms with Crippen LogP contribution >= 0.6 is 0 Å². The van der Waals surface area contributed by atoms with Crippen molar-refractivity contribution in [1.82, 2.24) is 9.80 Å². The monoisotopic (exact) mass is 391 g/mol. The van der Waals surface area contributed by atoms with Gasteiger partial charge in [0.05, 0.1) is 6.54 Å². The van der Waals surface area contributed by atoms with Crippen LogP contribution in [-0.4, -0.2) is 52.8 Å². The van der Waals surface area contributed by atoms with E-state index in [9.17, 15) is 9.59 Å². The molecule has 0 N–H and O–H groups in total. The second kappa shape index (κ2) is 7.54. The molecule has 0 saturated carbocycles. The van der Waals surface area contributed by atoms with Gasteiger partial charge in [-0.25, -0.2) is 0 Å². The molecule has 5 heteroatoms. The summed E-state index contributed by atoms with van der Waals surface area (Å²) in [4.78, 5) is 32.8. The molecule has 29 heavy (non-hydrogen) atoms. The van der Waals surface area contributed by atoms with Crippen molar-refractivity contribution in [3.8, 4) is 0 Å². The maximum absolute atomic E-state index is 13.7. The fourth-order valence-electron chi connectivity index (χ4n) is 4.50. The molecule has 2 aliphatic rings. The second-order valence-electron chi connectivity index (χ2n) is 8.53. The lowest BCUT2D eigenvalue weighted by Crippen LogP contribution is -2.69. The van der Waals surface area contributed by atoms with Crippen LogP contribution in [0.2, 0.25) is 0 Å². The van der Waals surface area contributed by atoms with Crippen molar-refractivity contribution in [3.63, 3.8) is 0 Å². The topological polar surface area (TPSA) is 43.9 Å². The third-order valence-corrected chi connectivity index (χ3v) is 6.24. The van der Waals surface area contributed by atoms with Crippen molar-refractivity contribution in [1.29, 1.82) is 0 Å². The summed E-state index contributed by atoms with van der Waals surface area (Å²) in [5.41, 5.74) is 2.54. The molecule has 2 aromatic carbocycles. The van der Waals surface area contributed by atoms with Crippen molar-refractivity contribution in [3.05, 3.63) is 65.7 Å². The van der Waals surface area contributed by atoms with Crippen LogP contribution in [0.15, 0.2) is 54.6 Å². The van der Waals surface area contributed by atoms with Gasteiger partial charge in [-0.15, -0.1) is 0 Å². The van der Waals surface area contributed by atoms with Gasteiger partial charge in [0.1, 0.15) is 12.1 Å². The standard InChI is InChI=1S/C24H29N3O2/c1-18(2)26-16-22(28)27(15-20-11-9-19(3)10-12-20)24(23(26)29)13-14-25(17-24)21-7-5-4-6-8-21/h4-12,18H,13-17H2,1-3H3. The number of rotatable bonds is 4. The molecule has 2 aromatic rings. The molecule has 5 nitrogen and oxygen atoms in total. The van der Waals surface area contributed by atoms with E-state index in [4.69, 9.17) is 0 Å². The lowest BCUT2D eigenvalue weighted by molar-refractivity contribution is -0.166. The first-order chi connectivity index (χ1) is 13.9. The molecule has 1 atom stereocenters. The van der Waals surface area contributed by atoms with Gasteiger partial charge in [-0.3, -0.25) is 9.59 Å². The third kappa shape index (κ3) is 3.50. The molecule has 0 radical (unpaired) electrons. The van der Waals surface area contributed by atoms with E-state index < -0.39 is 5.54 Å². The molecule has 2 saturated heterocycles. The minimum Gasteiger partial charge on any atom is -0.369 e. The van der Waals surface area contributed by atoms with Crippen molar-refractivity contribution in [2.45, 2.75) is 45.3 Å². The number of para-hydroxylation sites is 1. The zero-order chi connectivity index (χ0) is 20.6. The average Bonchev–Trinajstić information content (AvgIpc) is 3.16. The highest BCUT2D eigenvalue weighted by Gasteiger charge is 2.56. The summed E-state index contributed by atoms with van der Waals surface area (Å²) in [6.45, 7) is 7.96. The summed E-state index contributed by atoms with van der Waals surface area (Å²) in [6, 6.07) is 18.4. The van der Waals surface area contributed by atoms with E-state index in [1.807, 2.05) is 36.9 Å². The van der Waals surface area contributed by atoms with Crippen LogP contribution in [0.3, 0.4) is 0 Å².